The number of nitrogens with one attached hydrogen (secondary N) is 1. The number of ether oxygens (including phenoxy) is 1. The number of piperazine rings is 1. The fourth-order valence-electron chi connectivity index (χ4n) is 2.74. The lowest BCUT2D eigenvalue weighted by Crippen LogP contribution is -2.47. The molecule has 7 nitrogen and oxygen atoms in total. The molecule has 1 fully saturated rings. The van der Waals surface area contributed by atoms with E-state index in [9.17, 15) is 4.79 Å². The SMILES string of the molecule is CC(C)Oc1ccccc1Nc1cnc(C(=O)N2CCN(C)CC2)cn1. The van der Waals surface area contributed by atoms with Crippen LogP contribution in [-0.2, 0) is 0 Å². The number of anilines is 2. The lowest BCUT2D eigenvalue weighted by molar-refractivity contribution is 0.0658. The third-order valence-electron chi connectivity index (χ3n) is 4.17. The summed E-state index contributed by atoms with van der Waals surface area (Å²) in [5, 5.41) is 3.20. The summed E-state index contributed by atoms with van der Waals surface area (Å²) >= 11 is 0. The first-order valence-electron chi connectivity index (χ1n) is 8.85. The van der Waals surface area contributed by atoms with Crippen molar-refractivity contribution in [3.05, 3.63) is 42.4 Å². The molecule has 1 aliphatic heterocycles. The third kappa shape index (κ3) is 4.49. The number of para-hydroxylation sites is 2. The van der Waals surface area contributed by atoms with Gasteiger partial charge in [0, 0.05) is 26.2 Å². The van der Waals surface area contributed by atoms with Crippen LogP contribution in [0.5, 0.6) is 5.75 Å². The van der Waals surface area contributed by atoms with Crippen LogP contribution in [0, 0.1) is 0 Å². The van der Waals surface area contributed by atoms with Crippen molar-refractivity contribution in [3.63, 3.8) is 0 Å². The summed E-state index contributed by atoms with van der Waals surface area (Å²) in [4.78, 5) is 25.2. The molecule has 1 aromatic carbocycles. The number of hydrogen-bond donors (Lipinski definition) is 1. The zero-order valence-corrected chi connectivity index (χ0v) is 15.5. The topological polar surface area (TPSA) is 70.6 Å². The van der Waals surface area contributed by atoms with Crippen LogP contribution in [0.4, 0.5) is 11.5 Å². The van der Waals surface area contributed by atoms with E-state index in [-0.39, 0.29) is 12.0 Å². The molecule has 0 spiro atoms. The van der Waals surface area contributed by atoms with E-state index in [0.29, 0.717) is 11.5 Å². The first-order chi connectivity index (χ1) is 12.5. The molecule has 0 saturated carbocycles. The first kappa shape index (κ1) is 18.1. The monoisotopic (exact) mass is 355 g/mol. The van der Waals surface area contributed by atoms with Crippen molar-refractivity contribution in [1.29, 1.82) is 0 Å². The van der Waals surface area contributed by atoms with Gasteiger partial charge in [0.05, 0.1) is 24.2 Å². The summed E-state index contributed by atoms with van der Waals surface area (Å²) in [6, 6.07) is 7.67. The summed E-state index contributed by atoms with van der Waals surface area (Å²) in [7, 11) is 2.06. The third-order valence-corrected chi connectivity index (χ3v) is 4.17. The number of carbonyl (C=O) groups is 1. The number of hydrogen-bond acceptors (Lipinski definition) is 6. The molecule has 26 heavy (non-hydrogen) atoms. The molecule has 0 aliphatic carbocycles. The van der Waals surface area contributed by atoms with Crippen molar-refractivity contribution in [2.24, 2.45) is 0 Å². The van der Waals surface area contributed by atoms with Gasteiger partial charge < -0.3 is 19.9 Å². The van der Waals surface area contributed by atoms with Crippen molar-refractivity contribution in [2.45, 2.75) is 20.0 Å². The minimum Gasteiger partial charge on any atom is -0.489 e. The molecule has 1 saturated heterocycles. The van der Waals surface area contributed by atoms with Crippen LogP contribution in [-0.4, -0.2) is 65.0 Å². The summed E-state index contributed by atoms with van der Waals surface area (Å²) < 4.78 is 5.79. The van der Waals surface area contributed by atoms with E-state index in [0.717, 1.165) is 37.6 Å². The Labute approximate surface area is 154 Å². The van der Waals surface area contributed by atoms with Gasteiger partial charge in [0.2, 0.25) is 0 Å². The molecular weight excluding hydrogens is 330 g/mol. The van der Waals surface area contributed by atoms with Crippen LogP contribution in [0.25, 0.3) is 0 Å². The van der Waals surface area contributed by atoms with Gasteiger partial charge in [0.25, 0.3) is 5.91 Å². The second-order valence-corrected chi connectivity index (χ2v) is 6.67. The van der Waals surface area contributed by atoms with E-state index in [1.807, 2.05) is 43.0 Å². The molecule has 1 amide bonds. The van der Waals surface area contributed by atoms with Gasteiger partial charge in [-0.05, 0) is 33.0 Å². The largest absolute Gasteiger partial charge is 0.489 e. The fourth-order valence-corrected chi connectivity index (χ4v) is 2.74. The normalized spacial score (nSPS) is 15.2. The zero-order valence-electron chi connectivity index (χ0n) is 15.5. The van der Waals surface area contributed by atoms with Gasteiger partial charge in [-0.3, -0.25) is 4.79 Å². The first-order valence-corrected chi connectivity index (χ1v) is 8.85. The minimum atomic E-state index is -0.0688. The summed E-state index contributed by atoms with van der Waals surface area (Å²) in [6.45, 7) is 7.16. The van der Waals surface area contributed by atoms with Gasteiger partial charge in [0.1, 0.15) is 17.3 Å². The van der Waals surface area contributed by atoms with Crippen LogP contribution < -0.4 is 10.1 Å². The number of amides is 1. The highest BCUT2D eigenvalue weighted by atomic mass is 16.5. The molecule has 138 valence electrons. The molecule has 1 aliphatic rings. The van der Waals surface area contributed by atoms with Crippen LogP contribution in [0.1, 0.15) is 24.3 Å². The van der Waals surface area contributed by atoms with Crippen LogP contribution >= 0.6 is 0 Å². The lowest BCUT2D eigenvalue weighted by atomic mass is 10.3. The predicted octanol–water partition coefficient (Wildman–Crippen LogP) is 2.40. The van der Waals surface area contributed by atoms with Crippen molar-refractivity contribution in [1.82, 2.24) is 19.8 Å². The standard InChI is InChI=1S/C19H25N5O2/c1-14(2)26-17-7-5-4-6-15(17)22-18-13-20-16(12-21-18)19(25)24-10-8-23(3)9-11-24/h4-7,12-14H,8-11H2,1-3H3,(H,21,22). The molecule has 1 aromatic heterocycles. The van der Waals surface area contributed by atoms with E-state index in [1.54, 1.807) is 6.20 Å². The molecule has 2 heterocycles. The Morgan fingerprint density at radius 2 is 1.85 bits per heavy atom. The van der Waals surface area contributed by atoms with Crippen LogP contribution in [0.2, 0.25) is 0 Å². The quantitative estimate of drug-likeness (QED) is 0.888. The van der Waals surface area contributed by atoms with Crippen LogP contribution in [0.15, 0.2) is 36.7 Å². The summed E-state index contributed by atoms with van der Waals surface area (Å²) in [6.07, 6.45) is 3.18. The highest BCUT2D eigenvalue weighted by molar-refractivity contribution is 5.92. The lowest BCUT2D eigenvalue weighted by Gasteiger charge is -2.32. The number of aromatic nitrogens is 2. The Balaban J connectivity index is 1.68. The molecule has 2 aromatic rings. The maximum absolute atomic E-state index is 12.5. The van der Waals surface area contributed by atoms with E-state index < -0.39 is 0 Å². The zero-order chi connectivity index (χ0) is 18.5. The van der Waals surface area contributed by atoms with Gasteiger partial charge in [0.15, 0.2) is 0 Å². The Hall–Kier alpha value is -2.67. The minimum absolute atomic E-state index is 0.0688. The van der Waals surface area contributed by atoms with E-state index in [2.05, 4.69) is 27.2 Å². The molecule has 7 heteroatoms. The predicted molar refractivity (Wildman–Crippen MR) is 101 cm³/mol. The maximum atomic E-state index is 12.5. The summed E-state index contributed by atoms with van der Waals surface area (Å²) in [5.41, 5.74) is 1.18. The molecule has 0 bridgehead atoms. The van der Waals surface area contributed by atoms with Crippen molar-refractivity contribution in [2.75, 3.05) is 38.5 Å². The molecule has 0 atom stereocenters. The highest BCUT2D eigenvalue weighted by Crippen LogP contribution is 2.27. The second-order valence-electron chi connectivity index (χ2n) is 6.67. The molecular formula is C19H25N5O2. The number of benzene rings is 1. The molecule has 3 rings (SSSR count). The van der Waals surface area contributed by atoms with Gasteiger partial charge in [-0.1, -0.05) is 12.1 Å². The molecule has 1 N–H and O–H groups in total. The second kappa shape index (κ2) is 8.14. The van der Waals surface area contributed by atoms with E-state index >= 15 is 0 Å². The fraction of sp³-hybridized carbons (Fsp3) is 0.421. The van der Waals surface area contributed by atoms with Gasteiger partial charge >= 0.3 is 0 Å². The van der Waals surface area contributed by atoms with E-state index in [1.165, 1.54) is 6.20 Å². The van der Waals surface area contributed by atoms with Gasteiger partial charge in [-0.2, -0.15) is 0 Å². The number of likely N-dealkylation sites (N-methyl/N-ethyl adjacent to an activating group) is 1. The average Bonchev–Trinajstić information content (AvgIpc) is 2.64. The van der Waals surface area contributed by atoms with Gasteiger partial charge in [-0.25, -0.2) is 9.97 Å². The van der Waals surface area contributed by atoms with Gasteiger partial charge in [-0.15, -0.1) is 0 Å². The maximum Gasteiger partial charge on any atom is 0.274 e. The van der Waals surface area contributed by atoms with Crippen molar-refractivity contribution >= 4 is 17.4 Å². The smallest absolute Gasteiger partial charge is 0.274 e. The van der Waals surface area contributed by atoms with Crippen molar-refractivity contribution in [3.8, 4) is 5.75 Å². The van der Waals surface area contributed by atoms with Crippen LogP contribution in [0.3, 0.4) is 0 Å². The highest BCUT2D eigenvalue weighted by Gasteiger charge is 2.21. The number of carbonyl (C=O) groups excluding carboxylic acids is 1. The Morgan fingerprint density at radius 1 is 1.12 bits per heavy atom. The summed E-state index contributed by atoms with van der Waals surface area (Å²) in [5.74, 6) is 1.25. The van der Waals surface area contributed by atoms with E-state index in [4.69, 9.17) is 4.74 Å². The Bertz CT molecular complexity index is 740. The number of rotatable bonds is 5. The van der Waals surface area contributed by atoms with Crippen molar-refractivity contribution < 1.29 is 9.53 Å². The molecule has 0 radical (unpaired) electrons. The number of nitrogens with zero attached hydrogens (tertiary/aromatic N) is 4. The Morgan fingerprint density at radius 3 is 2.50 bits per heavy atom. The Kier molecular flexibility index (Phi) is 5.68. The molecule has 0 unspecified atom stereocenters. The average molecular weight is 355 g/mol.